The zero-order chi connectivity index (χ0) is 47.9. The van der Waals surface area contributed by atoms with Gasteiger partial charge < -0.3 is 30.2 Å². The van der Waals surface area contributed by atoms with E-state index in [0.29, 0.717) is 29.1 Å². The maximum Gasteiger partial charge on any atom is 0.416 e. The summed E-state index contributed by atoms with van der Waals surface area (Å²) in [7, 11) is -3.12. The molecule has 0 radical (unpaired) electrons. The van der Waals surface area contributed by atoms with Gasteiger partial charge in [-0.05, 0) is 92.4 Å². The van der Waals surface area contributed by atoms with E-state index in [2.05, 4.69) is 32.5 Å². The van der Waals surface area contributed by atoms with Gasteiger partial charge in [0.2, 0.25) is 17.7 Å². The molecular formula is C46H47F3N6O9S. The molecule has 19 heteroatoms. The van der Waals surface area contributed by atoms with Gasteiger partial charge in [-0.1, -0.05) is 69.8 Å². The summed E-state index contributed by atoms with van der Waals surface area (Å²) in [5.41, 5.74) is -1.56. The number of alkyl halides is 3. The summed E-state index contributed by atoms with van der Waals surface area (Å²) in [5.74, 6) is -1.66. The predicted molar refractivity (Wildman–Crippen MR) is 235 cm³/mol. The van der Waals surface area contributed by atoms with E-state index in [-0.39, 0.29) is 34.3 Å². The fourth-order valence-electron chi connectivity index (χ4n) is 6.00. The Morgan fingerprint density at radius 2 is 1.40 bits per heavy atom. The molecule has 0 aliphatic rings. The average Bonchev–Trinajstić information content (AvgIpc) is 3.23. The van der Waals surface area contributed by atoms with Crippen LogP contribution in [0.2, 0.25) is 0 Å². The van der Waals surface area contributed by atoms with E-state index >= 15 is 0 Å². The summed E-state index contributed by atoms with van der Waals surface area (Å²) in [6.07, 6.45) is -4.09. The van der Waals surface area contributed by atoms with Gasteiger partial charge in [-0.15, -0.1) is 0 Å². The first kappa shape index (κ1) is 48.7. The second-order valence-electron chi connectivity index (χ2n) is 16.5. The van der Waals surface area contributed by atoms with E-state index in [1.165, 1.54) is 49.6 Å². The predicted octanol–water partition coefficient (Wildman–Crippen LogP) is 8.46. The topological polar surface area (TPSA) is 204 Å². The minimum Gasteiger partial charge on any atom is -0.481 e. The number of benzene rings is 4. The minimum atomic E-state index is -4.70. The van der Waals surface area contributed by atoms with Crippen molar-refractivity contribution in [2.45, 2.75) is 70.3 Å². The molecule has 4 amide bonds. The molecule has 0 spiro atoms. The maximum atomic E-state index is 14.2. The Bertz CT molecular complexity index is 2670. The largest absolute Gasteiger partial charge is 0.481 e. The third-order valence-corrected chi connectivity index (χ3v) is 10.5. The highest BCUT2D eigenvalue weighted by atomic mass is 32.2. The number of amides is 4. The van der Waals surface area contributed by atoms with Crippen LogP contribution in [0.1, 0.15) is 74.6 Å². The van der Waals surface area contributed by atoms with Gasteiger partial charge >= 0.3 is 12.3 Å². The molecular weight excluding hydrogens is 870 g/mol. The lowest BCUT2D eigenvalue weighted by Gasteiger charge is -2.32. The number of alkyl carbamates (subject to hydrolysis) is 1. The fourth-order valence-corrected chi connectivity index (χ4v) is 6.97. The molecule has 0 aliphatic carbocycles. The van der Waals surface area contributed by atoms with Crippen LogP contribution in [0.15, 0.2) is 115 Å². The van der Waals surface area contributed by atoms with Gasteiger partial charge in [-0.25, -0.2) is 17.9 Å². The number of nitrogens with one attached hydrogen (secondary N) is 4. The first-order valence-corrected chi connectivity index (χ1v) is 21.2. The summed E-state index contributed by atoms with van der Waals surface area (Å²) in [5, 5.41) is 8.04. The number of carbonyl (C=O) groups excluding carboxylic acids is 4. The Kier molecular flexibility index (Phi) is 14.7. The number of halogens is 3. The molecule has 15 nitrogen and oxygen atoms in total. The number of carbonyl (C=O) groups is 4. The molecule has 2 atom stereocenters. The van der Waals surface area contributed by atoms with Crippen molar-refractivity contribution in [1.29, 1.82) is 0 Å². The van der Waals surface area contributed by atoms with E-state index in [1.54, 1.807) is 53.7 Å². The first-order chi connectivity index (χ1) is 30.4. The number of nitrogens with zero attached hydrogens (tertiary/aromatic N) is 2. The second kappa shape index (κ2) is 19.6. The van der Waals surface area contributed by atoms with E-state index < -0.39 is 73.6 Å². The number of hydrogen-bond acceptors (Lipinski definition) is 11. The van der Waals surface area contributed by atoms with Gasteiger partial charge in [0.1, 0.15) is 23.4 Å². The number of ether oxygens (including phenoxy) is 3. The molecule has 4 aromatic carbocycles. The normalized spacial score (nSPS) is 12.8. The van der Waals surface area contributed by atoms with Crippen LogP contribution in [0.5, 0.6) is 17.5 Å². The number of aromatic nitrogens is 2. The molecule has 5 aromatic rings. The molecule has 1 heterocycles. The number of anilines is 1. The highest BCUT2D eigenvalue weighted by Crippen LogP contribution is 2.33. The first-order valence-electron chi connectivity index (χ1n) is 19.7. The molecule has 0 saturated heterocycles. The fraction of sp³-hybridized carbons (Fsp3) is 0.261. The quantitative estimate of drug-likeness (QED) is 0.0832. The monoisotopic (exact) mass is 916 g/mol. The molecule has 4 N–H and O–H groups in total. The molecule has 0 aliphatic heterocycles. The van der Waals surface area contributed by atoms with Crippen LogP contribution in [0.4, 0.5) is 23.7 Å². The van der Waals surface area contributed by atoms with Crippen LogP contribution in [-0.2, 0) is 30.5 Å². The smallest absolute Gasteiger partial charge is 0.416 e. The number of sulfonamides is 1. The third-order valence-electron chi connectivity index (χ3n) is 9.19. The van der Waals surface area contributed by atoms with Crippen LogP contribution in [-0.4, -0.2) is 61.0 Å². The molecule has 1 aromatic heterocycles. The van der Waals surface area contributed by atoms with Crippen LogP contribution in [0, 0.1) is 5.41 Å². The number of hydrogen-bond donors (Lipinski definition) is 4. The summed E-state index contributed by atoms with van der Waals surface area (Å²) in [6.45, 7) is 14.0. The van der Waals surface area contributed by atoms with Crippen molar-refractivity contribution in [1.82, 2.24) is 25.3 Å². The Morgan fingerprint density at radius 3 is 1.97 bits per heavy atom. The van der Waals surface area contributed by atoms with Gasteiger partial charge in [0, 0.05) is 22.4 Å². The van der Waals surface area contributed by atoms with Gasteiger partial charge in [0.25, 0.3) is 21.8 Å². The molecule has 5 rings (SSSR count). The molecule has 0 fully saturated rings. The minimum absolute atomic E-state index is 0.117. The van der Waals surface area contributed by atoms with Crippen molar-refractivity contribution in [2.24, 2.45) is 5.41 Å². The highest BCUT2D eigenvalue weighted by Gasteiger charge is 2.37. The van der Waals surface area contributed by atoms with Gasteiger partial charge in [-0.2, -0.15) is 23.1 Å². The Morgan fingerprint density at radius 1 is 0.769 bits per heavy atom. The van der Waals surface area contributed by atoms with E-state index in [0.717, 1.165) is 12.1 Å². The number of rotatable bonds is 14. The lowest BCUT2D eigenvalue weighted by atomic mass is 9.86. The van der Waals surface area contributed by atoms with Crippen LogP contribution >= 0.6 is 0 Å². The standard InChI is InChI=1S/C46H47F3N6O9S/c1-9-27-25-30(17-24-34(27)63-36-26-35(62-8)51-39(52-36)28-13-11-10-12-14-28)37(53-42(58)38(44(2,3)4)54-43(59)64-45(5,6)7)41(57)50-32-20-15-29(16-21-32)40(56)55-65(60,61)33-22-18-31(19-23-33)46(47,48)49/h9-26,37-38H,1H2,2-8H3,(H,50,57)(H,53,58)(H,54,59)(H,55,56)/t37-,38+/m0/s1. The molecule has 65 heavy (non-hydrogen) atoms. The molecule has 342 valence electrons. The highest BCUT2D eigenvalue weighted by molar-refractivity contribution is 7.90. The number of methoxy groups -OCH3 is 1. The molecule has 0 saturated carbocycles. The second-order valence-corrected chi connectivity index (χ2v) is 18.1. The van der Waals surface area contributed by atoms with Gasteiger partial charge in [0.15, 0.2) is 5.82 Å². The maximum absolute atomic E-state index is 14.2. The SMILES string of the molecule is C=Cc1cc([C@H](NC(=O)[C@@H](NC(=O)OC(C)(C)C)C(C)(C)C)C(=O)Nc2ccc(C(=O)NS(=O)(=O)c3ccc(C(F)(F)F)cc3)cc2)ccc1Oc1cc(OC)nc(-c2ccccc2)n1. The van der Waals surface area contributed by atoms with Crippen molar-refractivity contribution >= 4 is 45.6 Å². The van der Waals surface area contributed by atoms with Crippen molar-refractivity contribution in [2.75, 3.05) is 12.4 Å². The molecule has 0 unspecified atom stereocenters. The van der Waals surface area contributed by atoms with E-state index in [1.807, 2.05) is 35.1 Å². The van der Waals surface area contributed by atoms with Crippen molar-refractivity contribution in [3.63, 3.8) is 0 Å². The molecule has 0 bridgehead atoms. The van der Waals surface area contributed by atoms with Crippen molar-refractivity contribution in [3.8, 4) is 28.9 Å². The zero-order valence-electron chi connectivity index (χ0n) is 36.4. The van der Waals surface area contributed by atoms with E-state index in [4.69, 9.17) is 14.2 Å². The van der Waals surface area contributed by atoms with Crippen molar-refractivity contribution < 1.29 is 55.0 Å². The summed E-state index contributed by atoms with van der Waals surface area (Å²) in [4.78, 5) is 62.6. The summed E-state index contributed by atoms with van der Waals surface area (Å²) >= 11 is 0. The Hall–Kier alpha value is -7.28. The van der Waals surface area contributed by atoms with Crippen LogP contribution < -0.4 is 30.1 Å². The van der Waals surface area contributed by atoms with Crippen molar-refractivity contribution in [3.05, 3.63) is 132 Å². The lowest BCUT2D eigenvalue weighted by Crippen LogP contribution is -2.55. The van der Waals surface area contributed by atoms with E-state index in [9.17, 15) is 40.8 Å². The summed E-state index contributed by atoms with van der Waals surface area (Å²) < 4.78 is 83.4. The average molecular weight is 917 g/mol. The lowest BCUT2D eigenvalue weighted by molar-refractivity contribution is -0.137. The van der Waals surface area contributed by atoms with Gasteiger partial charge in [-0.3, -0.25) is 14.4 Å². The van der Waals surface area contributed by atoms with Gasteiger partial charge in [0.05, 0.1) is 23.6 Å². The van der Waals surface area contributed by atoms with Crippen LogP contribution in [0.25, 0.3) is 17.5 Å². The summed E-state index contributed by atoms with van der Waals surface area (Å²) in [6, 6.07) is 20.2. The Balaban J connectivity index is 1.43. The van der Waals surface area contributed by atoms with Crippen LogP contribution in [0.3, 0.4) is 0 Å². The third kappa shape index (κ3) is 13.1. The zero-order valence-corrected chi connectivity index (χ0v) is 37.2. The Labute approximate surface area is 373 Å².